The molecule has 0 unspecified atom stereocenters. The lowest BCUT2D eigenvalue weighted by atomic mass is 9.75. The van der Waals surface area contributed by atoms with Gasteiger partial charge in [-0.25, -0.2) is 4.99 Å². The minimum Gasteiger partial charge on any atom is -0.462 e. The van der Waals surface area contributed by atoms with Gasteiger partial charge in [0.15, 0.2) is 0 Å². The highest BCUT2D eigenvalue weighted by atomic mass is 35.5. The highest BCUT2D eigenvalue weighted by Crippen LogP contribution is 2.40. The van der Waals surface area contributed by atoms with Crippen LogP contribution < -0.4 is 14.5 Å². The van der Waals surface area contributed by atoms with Crippen molar-refractivity contribution < 1.29 is 9.53 Å². The van der Waals surface area contributed by atoms with Gasteiger partial charge in [0.25, 0.3) is 5.91 Å². The van der Waals surface area contributed by atoms with Crippen molar-refractivity contribution in [1.82, 2.24) is 14.9 Å². The van der Waals surface area contributed by atoms with Crippen LogP contribution in [-0.4, -0.2) is 72.9 Å². The number of amides is 1. The summed E-state index contributed by atoms with van der Waals surface area (Å²) in [6.45, 7) is 4.75. The van der Waals surface area contributed by atoms with Crippen LogP contribution in [0, 0.1) is 5.41 Å². The fraction of sp³-hybridized carbons (Fsp3) is 0.467. The molecule has 2 fully saturated rings. The number of likely N-dealkylation sites (N-methyl/N-ethyl adjacent to an activating group) is 1. The lowest BCUT2D eigenvalue weighted by Gasteiger charge is -2.42. The molecule has 1 atom stereocenters. The maximum absolute atomic E-state index is 12.2. The molecule has 1 aromatic heterocycles. The summed E-state index contributed by atoms with van der Waals surface area (Å²) in [4.78, 5) is 33.1. The minimum absolute atomic E-state index is 0.0287. The number of carbonyl (C=O) groups is 1. The van der Waals surface area contributed by atoms with Gasteiger partial charge in [0.2, 0.25) is 0 Å². The van der Waals surface area contributed by atoms with Crippen LogP contribution in [0.2, 0.25) is 5.02 Å². The maximum Gasteiger partial charge on any atom is 0.318 e. The van der Waals surface area contributed by atoms with E-state index in [4.69, 9.17) is 26.3 Å². The standard InChI is InChI=1S/C30H33ClN6O2/c1-35-13-4-7-21(35)18-39-29-33-24-17-37(25-9-3-6-20-5-2-8-23(31)26(20)25)14-10-22(24)27(34-29)36-15-11-30(12-16-36)19-32-28(30)38/h2-3,5-6,8-9,19,21H,4,7,10-18H2,1H3/t21-/m1/s1. The number of hydrogen-bond donors (Lipinski definition) is 0. The van der Waals surface area contributed by atoms with Crippen molar-refractivity contribution in [3.8, 4) is 6.01 Å². The fourth-order valence-corrected chi connectivity index (χ4v) is 6.86. The lowest BCUT2D eigenvalue weighted by molar-refractivity contribution is -0.126. The number of rotatable bonds is 5. The second-order valence-electron chi connectivity index (χ2n) is 11.3. The van der Waals surface area contributed by atoms with E-state index >= 15 is 0 Å². The van der Waals surface area contributed by atoms with Crippen LogP contribution >= 0.6 is 11.6 Å². The Kier molecular flexibility index (Phi) is 6.20. The van der Waals surface area contributed by atoms with E-state index in [0.717, 1.165) is 84.9 Å². The summed E-state index contributed by atoms with van der Waals surface area (Å²) < 4.78 is 6.27. The van der Waals surface area contributed by atoms with Gasteiger partial charge in [-0.2, -0.15) is 9.97 Å². The minimum atomic E-state index is -0.361. The molecule has 0 bridgehead atoms. The predicted octanol–water partition coefficient (Wildman–Crippen LogP) is 4.52. The van der Waals surface area contributed by atoms with Gasteiger partial charge in [0.05, 0.1) is 22.7 Å². The third-order valence-corrected chi connectivity index (χ3v) is 9.40. The normalized spacial score (nSPS) is 22.4. The summed E-state index contributed by atoms with van der Waals surface area (Å²) in [7, 11) is 2.15. The Hall–Kier alpha value is -3.23. The number of benzene rings is 2. The Morgan fingerprint density at radius 3 is 2.59 bits per heavy atom. The number of carbonyl (C=O) groups excluding carboxylic acids is 1. The number of aromatic nitrogens is 2. The third-order valence-electron chi connectivity index (χ3n) is 9.08. The summed E-state index contributed by atoms with van der Waals surface area (Å²) in [5, 5.41) is 2.97. The molecule has 9 heteroatoms. The van der Waals surface area contributed by atoms with Crippen LogP contribution in [-0.2, 0) is 17.8 Å². The van der Waals surface area contributed by atoms with Gasteiger partial charge >= 0.3 is 6.01 Å². The van der Waals surface area contributed by atoms with Gasteiger partial charge in [-0.3, -0.25) is 4.79 Å². The molecule has 2 aromatic carbocycles. The molecule has 1 spiro atoms. The number of fused-ring (bicyclic) bond motifs is 2. The monoisotopic (exact) mass is 544 g/mol. The topological polar surface area (TPSA) is 74.2 Å². The number of nitrogens with zero attached hydrogens (tertiary/aromatic N) is 6. The average molecular weight is 545 g/mol. The van der Waals surface area contributed by atoms with Crippen molar-refractivity contribution in [2.75, 3.05) is 49.6 Å². The molecule has 0 N–H and O–H groups in total. The summed E-state index contributed by atoms with van der Waals surface area (Å²) in [5.41, 5.74) is 2.96. The molecule has 3 aromatic rings. The van der Waals surface area contributed by atoms with Gasteiger partial charge < -0.3 is 19.4 Å². The largest absolute Gasteiger partial charge is 0.462 e. The Bertz CT molecular complexity index is 1460. The molecule has 8 nitrogen and oxygen atoms in total. The number of aliphatic imine (C=N–C) groups is 1. The van der Waals surface area contributed by atoms with Crippen molar-refractivity contribution in [3.63, 3.8) is 0 Å². The van der Waals surface area contributed by atoms with Crippen molar-refractivity contribution in [2.45, 2.75) is 44.7 Å². The first kappa shape index (κ1) is 24.8. The molecule has 39 heavy (non-hydrogen) atoms. The number of anilines is 2. The molecule has 4 aliphatic heterocycles. The number of piperidine rings is 1. The highest BCUT2D eigenvalue weighted by Gasteiger charge is 2.45. The first-order chi connectivity index (χ1) is 19.0. The third kappa shape index (κ3) is 4.34. The molecular formula is C30H33ClN6O2. The van der Waals surface area contributed by atoms with E-state index in [2.05, 4.69) is 51.0 Å². The Labute approximate surface area is 233 Å². The predicted molar refractivity (Wildman–Crippen MR) is 154 cm³/mol. The number of ether oxygens (including phenoxy) is 1. The van der Waals surface area contributed by atoms with Gasteiger partial charge in [0, 0.05) is 48.5 Å². The Morgan fingerprint density at radius 1 is 1.05 bits per heavy atom. The van der Waals surface area contributed by atoms with Gasteiger partial charge in [-0.15, -0.1) is 0 Å². The summed E-state index contributed by atoms with van der Waals surface area (Å²) in [6, 6.07) is 13.2. The molecule has 0 aliphatic carbocycles. The van der Waals surface area contributed by atoms with Crippen molar-refractivity contribution in [3.05, 3.63) is 52.7 Å². The molecule has 7 rings (SSSR count). The molecular weight excluding hydrogens is 512 g/mol. The SMILES string of the molecule is CN1CCC[C@@H]1COc1nc2c(c(N3CCC4(C=NC4=O)CC3)n1)CCN(c1cccc3cccc(Cl)c13)C2. The molecule has 5 heterocycles. The van der Waals surface area contributed by atoms with Crippen molar-refractivity contribution in [2.24, 2.45) is 10.4 Å². The Morgan fingerprint density at radius 2 is 1.87 bits per heavy atom. The molecule has 0 saturated carbocycles. The smallest absolute Gasteiger partial charge is 0.318 e. The second kappa shape index (κ2) is 9.75. The zero-order valence-electron chi connectivity index (χ0n) is 22.3. The maximum atomic E-state index is 12.2. The van der Waals surface area contributed by atoms with Gasteiger partial charge in [-0.1, -0.05) is 35.9 Å². The van der Waals surface area contributed by atoms with Gasteiger partial charge in [0.1, 0.15) is 12.4 Å². The van der Waals surface area contributed by atoms with E-state index in [9.17, 15) is 4.79 Å². The second-order valence-corrected chi connectivity index (χ2v) is 11.7. The van der Waals surface area contributed by atoms with Crippen LogP contribution in [0.4, 0.5) is 11.5 Å². The number of halogens is 1. The van der Waals surface area contributed by atoms with Gasteiger partial charge in [-0.05, 0) is 63.2 Å². The quantitative estimate of drug-likeness (QED) is 0.467. The first-order valence-corrected chi connectivity index (χ1v) is 14.4. The van der Waals surface area contributed by atoms with Crippen molar-refractivity contribution >= 4 is 46.0 Å². The van der Waals surface area contributed by atoms with E-state index in [1.54, 1.807) is 0 Å². The molecule has 202 valence electrons. The molecule has 0 radical (unpaired) electrons. The van der Waals surface area contributed by atoms with E-state index < -0.39 is 0 Å². The zero-order chi connectivity index (χ0) is 26.6. The van der Waals surface area contributed by atoms with E-state index in [1.807, 2.05) is 18.3 Å². The number of hydrogen-bond acceptors (Lipinski definition) is 7. The first-order valence-electron chi connectivity index (χ1n) is 14.0. The van der Waals surface area contributed by atoms with E-state index in [0.29, 0.717) is 25.2 Å². The highest BCUT2D eigenvalue weighted by molar-refractivity contribution is 6.36. The fourth-order valence-electron chi connectivity index (χ4n) is 6.58. The lowest BCUT2D eigenvalue weighted by Crippen LogP contribution is -2.49. The summed E-state index contributed by atoms with van der Waals surface area (Å²) in [6.07, 6.45) is 6.56. The Balaban J connectivity index is 1.21. The average Bonchev–Trinajstić information content (AvgIpc) is 3.38. The summed E-state index contributed by atoms with van der Waals surface area (Å²) in [5.74, 6) is 0.991. The van der Waals surface area contributed by atoms with Crippen LogP contribution in [0.5, 0.6) is 6.01 Å². The molecule has 1 amide bonds. The van der Waals surface area contributed by atoms with E-state index in [-0.39, 0.29) is 11.3 Å². The zero-order valence-corrected chi connectivity index (χ0v) is 23.0. The summed E-state index contributed by atoms with van der Waals surface area (Å²) >= 11 is 6.68. The van der Waals surface area contributed by atoms with Crippen LogP contribution in [0.3, 0.4) is 0 Å². The van der Waals surface area contributed by atoms with Crippen LogP contribution in [0.1, 0.15) is 36.9 Å². The van der Waals surface area contributed by atoms with E-state index in [1.165, 1.54) is 12.0 Å². The van der Waals surface area contributed by atoms with Crippen LogP contribution in [0.25, 0.3) is 10.8 Å². The number of likely N-dealkylation sites (tertiary alicyclic amines) is 1. The van der Waals surface area contributed by atoms with Crippen molar-refractivity contribution in [1.29, 1.82) is 0 Å². The van der Waals surface area contributed by atoms with Crippen LogP contribution in [0.15, 0.2) is 41.4 Å². The molecule has 2 saturated heterocycles. The molecule has 4 aliphatic rings.